The fraction of sp³-hybridized carbons (Fsp3) is 0.500. The Hall–Kier alpha value is -1.18. The predicted molar refractivity (Wildman–Crippen MR) is 59.9 cm³/mol. The summed E-state index contributed by atoms with van der Waals surface area (Å²) < 4.78 is 0. The smallest absolute Gasteiger partial charge is 0.160 e. The van der Waals surface area contributed by atoms with E-state index >= 15 is 0 Å². The lowest BCUT2D eigenvalue weighted by molar-refractivity contribution is 0.400. The highest BCUT2D eigenvalue weighted by Gasteiger charge is 2.04. The number of hydrogen-bond donors (Lipinski definition) is 2. The fourth-order valence-electron chi connectivity index (χ4n) is 1.27. The molecule has 1 aromatic rings. The average molecular weight is 196 g/mol. The quantitative estimate of drug-likeness (QED) is 0.712. The zero-order valence-electron chi connectivity index (χ0n) is 9.46. The van der Waals surface area contributed by atoms with Crippen LogP contribution in [0.4, 0.5) is 0 Å². The molecule has 0 unspecified atom stereocenters. The van der Waals surface area contributed by atoms with E-state index in [1.54, 1.807) is 13.0 Å². The molecule has 0 bridgehead atoms. The first-order valence-corrected chi connectivity index (χ1v) is 5.16. The zero-order chi connectivity index (χ0) is 11.1. The molecule has 0 saturated heterocycles. The van der Waals surface area contributed by atoms with Crippen LogP contribution in [0, 0.1) is 6.92 Å². The van der Waals surface area contributed by atoms with E-state index in [-0.39, 0.29) is 11.5 Å². The van der Waals surface area contributed by atoms with Gasteiger partial charge in [0.2, 0.25) is 0 Å². The van der Waals surface area contributed by atoms with Gasteiger partial charge in [0.05, 0.1) is 0 Å². The van der Waals surface area contributed by atoms with Crippen LogP contribution < -0.4 is 0 Å². The van der Waals surface area contributed by atoms with Crippen molar-refractivity contribution < 1.29 is 10.2 Å². The Morgan fingerprint density at radius 1 is 1.14 bits per heavy atom. The van der Waals surface area contributed by atoms with Crippen LogP contribution in [0.3, 0.4) is 0 Å². The molecule has 14 heavy (non-hydrogen) atoms. The van der Waals surface area contributed by atoms with E-state index in [0.29, 0.717) is 0 Å². The van der Waals surface area contributed by atoms with Gasteiger partial charge < -0.3 is 10.2 Å². The molecule has 2 heteroatoms. The number of hydrogen-bond acceptors (Lipinski definition) is 2. The molecule has 1 rings (SSSR count). The third kappa shape index (κ3) is 3.29. The molecule has 0 amide bonds. The van der Waals surface area contributed by atoms with Gasteiger partial charge in [0, 0.05) is 0 Å². The second-order valence-electron chi connectivity index (χ2n) is 3.03. The van der Waals surface area contributed by atoms with Crippen LogP contribution >= 0.6 is 0 Å². The van der Waals surface area contributed by atoms with Gasteiger partial charge in [0.25, 0.3) is 0 Å². The molecule has 0 spiro atoms. The Kier molecular flexibility index (Phi) is 5.77. The van der Waals surface area contributed by atoms with Crippen LogP contribution in [0.25, 0.3) is 0 Å². The van der Waals surface area contributed by atoms with Crippen LogP contribution in [0.1, 0.15) is 38.3 Å². The van der Waals surface area contributed by atoms with Crippen LogP contribution in [0.5, 0.6) is 11.5 Å². The number of phenols is 2. The van der Waals surface area contributed by atoms with Crippen molar-refractivity contribution in [2.24, 2.45) is 0 Å². The summed E-state index contributed by atoms with van der Waals surface area (Å²) in [5, 5.41) is 18.5. The minimum absolute atomic E-state index is 0.00477. The highest BCUT2D eigenvalue weighted by atomic mass is 16.3. The molecule has 2 N–H and O–H groups in total. The van der Waals surface area contributed by atoms with Crippen LogP contribution in [-0.2, 0) is 6.42 Å². The Balaban J connectivity index is 0.000000791. The third-order valence-corrected chi connectivity index (χ3v) is 1.88. The first-order valence-electron chi connectivity index (χ1n) is 5.16. The predicted octanol–water partition coefficient (Wildman–Crippen LogP) is 3.38. The topological polar surface area (TPSA) is 40.5 Å². The Morgan fingerprint density at radius 2 is 1.71 bits per heavy atom. The molecule has 0 saturated carbocycles. The second kappa shape index (κ2) is 6.30. The standard InChI is InChI=1S/C10H14O2.C2H6/c1-3-4-8-5-7(2)10(12)9(11)6-8;1-2/h5-6,11-12H,3-4H2,1-2H3;1-2H3. The second-order valence-corrected chi connectivity index (χ2v) is 3.03. The summed E-state index contributed by atoms with van der Waals surface area (Å²) >= 11 is 0. The molecule has 0 aliphatic rings. The molecule has 0 aliphatic heterocycles. The molecule has 0 heterocycles. The molecule has 2 nitrogen and oxygen atoms in total. The molecule has 80 valence electrons. The Morgan fingerprint density at radius 3 is 2.14 bits per heavy atom. The van der Waals surface area contributed by atoms with E-state index in [1.807, 2.05) is 19.9 Å². The number of aryl methyl sites for hydroxylation is 2. The van der Waals surface area contributed by atoms with Crippen molar-refractivity contribution in [3.63, 3.8) is 0 Å². The largest absolute Gasteiger partial charge is 0.504 e. The summed E-state index contributed by atoms with van der Waals surface area (Å²) in [6, 6.07) is 3.52. The fourth-order valence-corrected chi connectivity index (χ4v) is 1.27. The van der Waals surface area contributed by atoms with Gasteiger partial charge in [-0.3, -0.25) is 0 Å². The number of rotatable bonds is 2. The van der Waals surface area contributed by atoms with E-state index in [1.165, 1.54) is 0 Å². The molecular weight excluding hydrogens is 176 g/mol. The van der Waals surface area contributed by atoms with E-state index in [9.17, 15) is 10.2 Å². The van der Waals surface area contributed by atoms with Gasteiger partial charge in [-0.1, -0.05) is 33.3 Å². The molecule has 0 aliphatic carbocycles. The lowest BCUT2D eigenvalue weighted by atomic mass is 10.1. The van der Waals surface area contributed by atoms with Gasteiger partial charge in [0.15, 0.2) is 11.5 Å². The van der Waals surface area contributed by atoms with Crippen molar-refractivity contribution in [2.75, 3.05) is 0 Å². The van der Waals surface area contributed by atoms with E-state index in [0.717, 1.165) is 24.0 Å². The van der Waals surface area contributed by atoms with Gasteiger partial charge in [-0.05, 0) is 30.5 Å². The number of benzene rings is 1. The molecule has 1 aromatic carbocycles. The molecular formula is C12H20O2. The third-order valence-electron chi connectivity index (χ3n) is 1.88. The van der Waals surface area contributed by atoms with Crippen LogP contribution in [0.2, 0.25) is 0 Å². The minimum Gasteiger partial charge on any atom is -0.504 e. The maximum absolute atomic E-state index is 9.26. The molecule has 0 aromatic heterocycles. The lowest BCUT2D eigenvalue weighted by Gasteiger charge is -2.05. The van der Waals surface area contributed by atoms with Gasteiger partial charge in [-0.25, -0.2) is 0 Å². The van der Waals surface area contributed by atoms with Crippen molar-refractivity contribution in [2.45, 2.75) is 40.5 Å². The summed E-state index contributed by atoms with van der Waals surface area (Å²) in [5.41, 5.74) is 1.81. The molecule has 0 fully saturated rings. The summed E-state index contributed by atoms with van der Waals surface area (Å²) in [6.07, 6.45) is 1.98. The minimum atomic E-state index is -0.0153. The van der Waals surface area contributed by atoms with E-state index in [4.69, 9.17) is 0 Å². The highest BCUT2D eigenvalue weighted by Crippen LogP contribution is 2.29. The average Bonchev–Trinajstić information content (AvgIpc) is 2.18. The van der Waals surface area contributed by atoms with Gasteiger partial charge in [0.1, 0.15) is 0 Å². The molecule has 0 atom stereocenters. The first-order chi connectivity index (χ1) is 6.65. The van der Waals surface area contributed by atoms with Gasteiger partial charge in [-0.15, -0.1) is 0 Å². The monoisotopic (exact) mass is 196 g/mol. The summed E-state index contributed by atoms with van der Waals surface area (Å²) in [6.45, 7) is 7.87. The highest BCUT2D eigenvalue weighted by molar-refractivity contribution is 5.46. The normalized spacial score (nSPS) is 9.14. The van der Waals surface area contributed by atoms with Crippen molar-refractivity contribution in [1.29, 1.82) is 0 Å². The number of phenolic OH excluding ortho intramolecular Hbond substituents is 2. The summed E-state index contributed by atoms with van der Waals surface area (Å²) in [5.74, 6) is -0.0201. The Bertz CT molecular complexity index is 257. The van der Waals surface area contributed by atoms with E-state index < -0.39 is 0 Å². The number of aromatic hydroxyl groups is 2. The first kappa shape index (κ1) is 12.8. The zero-order valence-corrected chi connectivity index (χ0v) is 9.46. The summed E-state index contributed by atoms with van der Waals surface area (Å²) in [4.78, 5) is 0. The van der Waals surface area contributed by atoms with Crippen molar-refractivity contribution >= 4 is 0 Å². The van der Waals surface area contributed by atoms with E-state index in [2.05, 4.69) is 6.92 Å². The van der Waals surface area contributed by atoms with Crippen molar-refractivity contribution in [1.82, 2.24) is 0 Å². The van der Waals surface area contributed by atoms with Crippen LogP contribution in [-0.4, -0.2) is 10.2 Å². The van der Waals surface area contributed by atoms with Crippen molar-refractivity contribution in [3.05, 3.63) is 23.3 Å². The Labute approximate surface area is 86.2 Å². The van der Waals surface area contributed by atoms with Crippen molar-refractivity contribution in [3.8, 4) is 11.5 Å². The lowest BCUT2D eigenvalue weighted by Crippen LogP contribution is -1.85. The molecule has 0 radical (unpaired) electrons. The SMILES string of the molecule is CC.CCCc1cc(C)c(O)c(O)c1. The van der Waals surface area contributed by atoms with Gasteiger partial charge in [-0.2, -0.15) is 0 Å². The maximum atomic E-state index is 9.26. The maximum Gasteiger partial charge on any atom is 0.160 e. The van der Waals surface area contributed by atoms with Crippen LogP contribution in [0.15, 0.2) is 12.1 Å². The van der Waals surface area contributed by atoms with Gasteiger partial charge >= 0.3 is 0 Å². The summed E-state index contributed by atoms with van der Waals surface area (Å²) in [7, 11) is 0.